The van der Waals surface area contributed by atoms with Crippen molar-refractivity contribution in [3.05, 3.63) is 44.6 Å². The molecule has 3 aromatic rings. The maximum Gasteiger partial charge on any atom is 0.0429 e. The van der Waals surface area contributed by atoms with E-state index < -0.39 is 0 Å². The third kappa shape index (κ3) is 3.47. The smallest absolute Gasteiger partial charge is 0.0429 e. The van der Waals surface area contributed by atoms with Gasteiger partial charge in [-0.2, -0.15) is 11.3 Å². The SMILES string of the molecule is CCCCCCc1sccc1-c1ccsc1-c1ccsc1. The molecular weight excluding hydrogens is 312 g/mol. The molecule has 0 nitrogen and oxygen atoms in total. The summed E-state index contributed by atoms with van der Waals surface area (Å²) in [6, 6.07) is 6.82. The van der Waals surface area contributed by atoms with E-state index in [9.17, 15) is 0 Å². The highest BCUT2D eigenvalue weighted by Crippen LogP contribution is 2.40. The van der Waals surface area contributed by atoms with Gasteiger partial charge in [-0.15, -0.1) is 22.7 Å². The molecule has 3 rings (SSSR count). The number of unbranched alkanes of at least 4 members (excludes halogenated alkanes) is 3. The van der Waals surface area contributed by atoms with Crippen LogP contribution < -0.4 is 0 Å². The molecule has 0 saturated heterocycles. The molecule has 21 heavy (non-hydrogen) atoms. The molecule has 3 aromatic heterocycles. The lowest BCUT2D eigenvalue weighted by Gasteiger charge is -2.05. The van der Waals surface area contributed by atoms with Crippen LogP contribution in [0.1, 0.15) is 37.5 Å². The maximum absolute atomic E-state index is 2.30. The van der Waals surface area contributed by atoms with E-state index in [1.807, 2.05) is 22.7 Å². The lowest BCUT2D eigenvalue weighted by molar-refractivity contribution is 0.670. The standard InChI is InChI=1S/C18H20S3/c1-2-3-4-5-6-17-15(8-11-20-17)16-9-12-21-18(16)14-7-10-19-13-14/h7-13H,2-6H2,1H3. The van der Waals surface area contributed by atoms with Gasteiger partial charge in [-0.1, -0.05) is 26.2 Å². The summed E-state index contributed by atoms with van der Waals surface area (Å²) < 4.78 is 0. The first-order valence-corrected chi connectivity index (χ1v) is 10.3. The Morgan fingerprint density at radius 3 is 2.52 bits per heavy atom. The van der Waals surface area contributed by atoms with E-state index in [0.717, 1.165) is 0 Å². The summed E-state index contributed by atoms with van der Waals surface area (Å²) in [5.74, 6) is 0. The van der Waals surface area contributed by atoms with Gasteiger partial charge in [-0.3, -0.25) is 0 Å². The molecule has 0 amide bonds. The topological polar surface area (TPSA) is 0 Å². The van der Waals surface area contributed by atoms with Gasteiger partial charge in [0.25, 0.3) is 0 Å². The van der Waals surface area contributed by atoms with E-state index in [-0.39, 0.29) is 0 Å². The Balaban J connectivity index is 1.82. The number of rotatable bonds is 7. The van der Waals surface area contributed by atoms with Crippen molar-refractivity contribution in [3.63, 3.8) is 0 Å². The molecule has 0 bridgehead atoms. The fraction of sp³-hybridized carbons (Fsp3) is 0.333. The summed E-state index contributed by atoms with van der Waals surface area (Å²) in [6.07, 6.45) is 6.57. The molecule has 110 valence electrons. The minimum atomic E-state index is 1.23. The molecule has 0 fully saturated rings. The van der Waals surface area contributed by atoms with E-state index in [1.165, 1.54) is 53.7 Å². The molecule has 0 unspecified atom stereocenters. The Labute approximate surface area is 139 Å². The largest absolute Gasteiger partial charge is 0.152 e. The first-order chi connectivity index (χ1) is 10.4. The lowest BCUT2D eigenvalue weighted by atomic mass is 10.0. The minimum absolute atomic E-state index is 1.23. The molecule has 0 saturated carbocycles. The normalized spacial score (nSPS) is 11.1. The summed E-state index contributed by atoms with van der Waals surface area (Å²) in [7, 11) is 0. The van der Waals surface area contributed by atoms with Crippen molar-refractivity contribution in [1.29, 1.82) is 0 Å². The second-order valence-corrected chi connectivity index (χ2v) is 7.94. The molecule has 3 heterocycles. The van der Waals surface area contributed by atoms with E-state index in [1.54, 1.807) is 16.2 Å². The van der Waals surface area contributed by atoms with Crippen molar-refractivity contribution in [2.24, 2.45) is 0 Å². The highest BCUT2D eigenvalue weighted by molar-refractivity contribution is 7.15. The Morgan fingerprint density at radius 1 is 0.857 bits per heavy atom. The average molecular weight is 333 g/mol. The van der Waals surface area contributed by atoms with E-state index in [2.05, 4.69) is 46.6 Å². The van der Waals surface area contributed by atoms with Crippen LogP contribution in [-0.4, -0.2) is 0 Å². The average Bonchev–Trinajstić information content (AvgIpc) is 3.22. The van der Waals surface area contributed by atoms with Gasteiger partial charge in [-0.25, -0.2) is 0 Å². The highest BCUT2D eigenvalue weighted by Gasteiger charge is 2.13. The van der Waals surface area contributed by atoms with Crippen LogP contribution in [0.5, 0.6) is 0 Å². The molecule has 3 heteroatoms. The van der Waals surface area contributed by atoms with E-state index in [4.69, 9.17) is 0 Å². The molecule has 0 spiro atoms. The van der Waals surface area contributed by atoms with Crippen LogP contribution in [0.25, 0.3) is 21.6 Å². The third-order valence-electron chi connectivity index (χ3n) is 3.74. The summed E-state index contributed by atoms with van der Waals surface area (Å²) in [4.78, 5) is 2.98. The van der Waals surface area contributed by atoms with Crippen molar-refractivity contribution < 1.29 is 0 Å². The van der Waals surface area contributed by atoms with Crippen molar-refractivity contribution in [2.75, 3.05) is 0 Å². The van der Waals surface area contributed by atoms with Crippen molar-refractivity contribution in [2.45, 2.75) is 39.0 Å². The predicted molar refractivity (Wildman–Crippen MR) is 98.8 cm³/mol. The van der Waals surface area contributed by atoms with Crippen molar-refractivity contribution >= 4 is 34.0 Å². The first-order valence-electron chi connectivity index (χ1n) is 7.57. The lowest BCUT2D eigenvalue weighted by Crippen LogP contribution is -1.86. The Hall–Kier alpha value is -0.900. The number of hydrogen-bond donors (Lipinski definition) is 0. The van der Waals surface area contributed by atoms with Crippen LogP contribution in [0.4, 0.5) is 0 Å². The van der Waals surface area contributed by atoms with Gasteiger partial charge in [0.1, 0.15) is 0 Å². The van der Waals surface area contributed by atoms with Gasteiger partial charge < -0.3 is 0 Å². The van der Waals surface area contributed by atoms with E-state index >= 15 is 0 Å². The molecule has 0 atom stereocenters. The predicted octanol–water partition coefficient (Wildman–Crippen LogP) is 7.33. The van der Waals surface area contributed by atoms with E-state index in [0.29, 0.717) is 0 Å². The zero-order chi connectivity index (χ0) is 14.5. The van der Waals surface area contributed by atoms with Crippen LogP contribution in [0.2, 0.25) is 0 Å². The van der Waals surface area contributed by atoms with Crippen LogP contribution in [0.15, 0.2) is 39.7 Å². The Kier molecular flexibility index (Phi) is 5.28. The van der Waals surface area contributed by atoms with Gasteiger partial charge in [0, 0.05) is 20.9 Å². The number of aryl methyl sites for hydroxylation is 1. The number of hydrogen-bond acceptors (Lipinski definition) is 3. The maximum atomic E-state index is 2.30. The molecule has 0 radical (unpaired) electrons. The summed E-state index contributed by atoms with van der Waals surface area (Å²) >= 11 is 5.55. The van der Waals surface area contributed by atoms with Crippen LogP contribution >= 0.6 is 34.0 Å². The molecule has 0 N–H and O–H groups in total. The Morgan fingerprint density at radius 2 is 1.71 bits per heavy atom. The first kappa shape index (κ1) is 15.0. The summed E-state index contributed by atoms with van der Waals surface area (Å²) in [5, 5.41) is 8.89. The van der Waals surface area contributed by atoms with Crippen LogP contribution in [0.3, 0.4) is 0 Å². The molecule has 0 aliphatic heterocycles. The fourth-order valence-corrected chi connectivity index (χ4v) is 5.19. The van der Waals surface area contributed by atoms with Crippen LogP contribution in [0, 0.1) is 0 Å². The fourth-order valence-electron chi connectivity index (χ4n) is 2.63. The summed E-state index contributed by atoms with van der Waals surface area (Å²) in [6.45, 7) is 2.27. The van der Waals surface area contributed by atoms with Crippen molar-refractivity contribution in [1.82, 2.24) is 0 Å². The summed E-state index contributed by atoms with van der Waals surface area (Å²) in [5.41, 5.74) is 4.25. The zero-order valence-electron chi connectivity index (χ0n) is 12.3. The monoisotopic (exact) mass is 332 g/mol. The molecular formula is C18H20S3. The molecule has 0 aromatic carbocycles. The molecule has 0 aliphatic carbocycles. The second kappa shape index (κ2) is 7.39. The van der Waals surface area contributed by atoms with Gasteiger partial charge >= 0.3 is 0 Å². The highest BCUT2D eigenvalue weighted by atomic mass is 32.1. The van der Waals surface area contributed by atoms with Gasteiger partial charge in [0.15, 0.2) is 0 Å². The van der Waals surface area contributed by atoms with Crippen molar-refractivity contribution in [3.8, 4) is 21.6 Å². The number of thiophene rings is 3. The molecule has 0 aliphatic rings. The zero-order valence-corrected chi connectivity index (χ0v) is 14.8. The quantitative estimate of drug-likeness (QED) is 0.397. The Bertz CT molecular complexity index is 658. The minimum Gasteiger partial charge on any atom is -0.152 e. The third-order valence-corrected chi connectivity index (χ3v) is 6.37. The van der Waals surface area contributed by atoms with Crippen LogP contribution in [-0.2, 0) is 6.42 Å². The van der Waals surface area contributed by atoms with Gasteiger partial charge in [0.2, 0.25) is 0 Å². The van der Waals surface area contributed by atoms with Gasteiger partial charge in [0.05, 0.1) is 0 Å². The second-order valence-electron chi connectivity index (χ2n) is 5.24. The van der Waals surface area contributed by atoms with Gasteiger partial charge in [-0.05, 0) is 58.1 Å².